The zero-order chi connectivity index (χ0) is 13.1. The van der Waals surface area contributed by atoms with Crippen LogP contribution in [0.4, 0.5) is 0 Å². The molecule has 4 heteroatoms. The quantitative estimate of drug-likeness (QED) is 0.883. The second-order valence-corrected chi connectivity index (χ2v) is 5.13. The standard InChI is InChI=1S/C14H22N2O.ClH/c1-10(11(2)15)13(17)16-14(3,4)12-8-6-5-7-9-12;/h5-11H,15H2,1-4H3,(H,16,17);1H. The van der Waals surface area contributed by atoms with Gasteiger partial charge in [0.2, 0.25) is 5.91 Å². The van der Waals surface area contributed by atoms with Gasteiger partial charge in [0, 0.05) is 12.0 Å². The van der Waals surface area contributed by atoms with E-state index >= 15 is 0 Å². The average Bonchev–Trinajstić information content (AvgIpc) is 2.28. The molecule has 2 unspecified atom stereocenters. The molecule has 2 atom stereocenters. The molecule has 1 aromatic rings. The van der Waals surface area contributed by atoms with Gasteiger partial charge in [-0.3, -0.25) is 4.79 Å². The van der Waals surface area contributed by atoms with E-state index in [9.17, 15) is 4.79 Å². The third kappa shape index (κ3) is 4.31. The Hall–Kier alpha value is -1.06. The van der Waals surface area contributed by atoms with Crippen LogP contribution >= 0.6 is 12.4 Å². The van der Waals surface area contributed by atoms with E-state index in [0.717, 1.165) is 5.56 Å². The van der Waals surface area contributed by atoms with Crippen molar-refractivity contribution in [3.05, 3.63) is 35.9 Å². The number of amides is 1. The lowest BCUT2D eigenvalue weighted by molar-refractivity contribution is -0.126. The first-order valence-corrected chi connectivity index (χ1v) is 5.97. The van der Waals surface area contributed by atoms with Crippen LogP contribution in [0.25, 0.3) is 0 Å². The molecule has 0 saturated heterocycles. The van der Waals surface area contributed by atoms with Crippen LogP contribution in [0.15, 0.2) is 30.3 Å². The number of halogens is 1. The summed E-state index contributed by atoms with van der Waals surface area (Å²) in [5.74, 6) is -0.188. The Bertz CT molecular complexity index is 377. The number of hydrogen-bond acceptors (Lipinski definition) is 2. The van der Waals surface area contributed by atoms with Gasteiger partial charge >= 0.3 is 0 Å². The molecule has 0 bridgehead atoms. The molecule has 0 aliphatic rings. The Labute approximate surface area is 116 Å². The molecule has 0 saturated carbocycles. The van der Waals surface area contributed by atoms with Gasteiger partial charge in [0.25, 0.3) is 0 Å². The van der Waals surface area contributed by atoms with Crippen molar-refractivity contribution in [2.24, 2.45) is 11.7 Å². The number of hydrogen-bond donors (Lipinski definition) is 2. The lowest BCUT2D eigenvalue weighted by Crippen LogP contribution is -2.47. The Morgan fingerprint density at radius 2 is 1.72 bits per heavy atom. The number of carbonyl (C=O) groups is 1. The summed E-state index contributed by atoms with van der Waals surface area (Å²) < 4.78 is 0. The highest BCUT2D eigenvalue weighted by molar-refractivity contribution is 5.85. The van der Waals surface area contributed by atoms with E-state index in [4.69, 9.17) is 5.73 Å². The second-order valence-electron chi connectivity index (χ2n) is 5.13. The maximum Gasteiger partial charge on any atom is 0.225 e. The molecular formula is C14H23ClN2O. The molecule has 0 aromatic heterocycles. The van der Waals surface area contributed by atoms with E-state index in [0.29, 0.717) is 0 Å². The molecule has 0 heterocycles. The zero-order valence-corrected chi connectivity index (χ0v) is 12.3. The third-order valence-electron chi connectivity index (χ3n) is 3.13. The van der Waals surface area contributed by atoms with Crippen molar-refractivity contribution in [1.29, 1.82) is 0 Å². The molecule has 0 fully saturated rings. The van der Waals surface area contributed by atoms with Crippen LogP contribution in [0.2, 0.25) is 0 Å². The number of nitrogens with two attached hydrogens (primary N) is 1. The molecule has 1 amide bonds. The Morgan fingerprint density at radius 3 is 2.17 bits per heavy atom. The maximum atomic E-state index is 12.0. The highest BCUT2D eigenvalue weighted by atomic mass is 35.5. The van der Waals surface area contributed by atoms with Gasteiger partial charge in [-0.1, -0.05) is 37.3 Å². The van der Waals surface area contributed by atoms with Crippen molar-refractivity contribution in [3.8, 4) is 0 Å². The van der Waals surface area contributed by atoms with E-state index in [1.165, 1.54) is 0 Å². The molecule has 1 aromatic carbocycles. The summed E-state index contributed by atoms with van der Waals surface area (Å²) in [5.41, 5.74) is 6.45. The van der Waals surface area contributed by atoms with Gasteiger partial charge in [-0.05, 0) is 26.3 Å². The molecule has 102 valence electrons. The fourth-order valence-corrected chi connectivity index (χ4v) is 1.59. The van der Waals surface area contributed by atoms with Crippen LogP contribution in [-0.2, 0) is 10.3 Å². The topological polar surface area (TPSA) is 55.1 Å². The van der Waals surface area contributed by atoms with Crippen LogP contribution in [0.3, 0.4) is 0 Å². The first kappa shape index (κ1) is 16.9. The summed E-state index contributed by atoms with van der Waals surface area (Å²) in [7, 11) is 0. The Morgan fingerprint density at radius 1 is 1.22 bits per heavy atom. The molecule has 0 aliphatic carbocycles. The summed E-state index contributed by atoms with van der Waals surface area (Å²) >= 11 is 0. The zero-order valence-electron chi connectivity index (χ0n) is 11.4. The van der Waals surface area contributed by atoms with Gasteiger partial charge in [0.1, 0.15) is 0 Å². The van der Waals surface area contributed by atoms with Crippen molar-refractivity contribution in [1.82, 2.24) is 5.32 Å². The minimum atomic E-state index is -0.374. The predicted molar refractivity (Wildman–Crippen MR) is 77.7 cm³/mol. The monoisotopic (exact) mass is 270 g/mol. The van der Waals surface area contributed by atoms with E-state index in [2.05, 4.69) is 5.32 Å². The minimum Gasteiger partial charge on any atom is -0.347 e. The highest BCUT2D eigenvalue weighted by Gasteiger charge is 2.26. The molecule has 3 nitrogen and oxygen atoms in total. The molecule has 0 aliphatic heterocycles. The van der Waals surface area contributed by atoms with E-state index < -0.39 is 0 Å². The van der Waals surface area contributed by atoms with Crippen LogP contribution < -0.4 is 11.1 Å². The SMILES string of the molecule is CC(N)C(C)C(=O)NC(C)(C)c1ccccc1.Cl. The van der Waals surface area contributed by atoms with Gasteiger partial charge in [-0.2, -0.15) is 0 Å². The first-order chi connectivity index (χ1) is 7.84. The maximum absolute atomic E-state index is 12.0. The Balaban J connectivity index is 0.00000289. The fraction of sp³-hybridized carbons (Fsp3) is 0.500. The van der Waals surface area contributed by atoms with E-state index in [1.807, 2.05) is 58.0 Å². The van der Waals surface area contributed by atoms with Gasteiger partial charge in [0.15, 0.2) is 0 Å². The molecular weight excluding hydrogens is 248 g/mol. The lowest BCUT2D eigenvalue weighted by Gasteiger charge is -2.29. The summed E-state index contributed by atoms with van der Waals surface area (Å²) in [6.07, 6.45) is 0. The number of rotatable bonds is 4. The van der Waals surface area contributed by atoms with Crippen molar-refractivity contribution in [3.63, 3.8) is 0 Å². The molecule has 3 N–H and O–H groups in total. The predicted octanol–water partition coefficient (Wildman–Crippen LogP) is 2.44. The summed E-state index contributed by atoms with van der Waals surface area (Å²) in [6, 6.07) is 9.79. The largest absolute Gasteiger partial charge is 0.347 e. The molecule has 1 rings (SSSR count). The molecule has 0 radical (unpaired) electrons. The molecule has 18 heavy (non-hydrogen) atoms. The lowest BCUT2D eigenvalue weighted by atomic mass is 9.92. The number of carbonyl (C=O) groups excluding carboxylic acids is 1. The van der Waals surface area contributed by atoms with Crippen LogP contribution in [-0.4, -0.2) is 11.9 Å². The van der Waals surface area contributed by atoms with Crippen LogP contribution in [0, 0.1) is 5.92 Å². The minimum absolute atomic E-state index is 0. The van der Waals surface area contributed by atoms with Crippen molar-refractivity contribution >= 4 is 18.3 Å². The summed E-state index contributed by atoms with van der Waals surface area (Å²) in [6.45, 7) is 7.68. The van der Waals surface area contributed by atoms with Crippen molar-refractivity contribution in [2.75, 3.05) is 0 Å². The van der Waals surface area contributed by atoms with Crippen LogP contribution in [0.5, 0.6) is 0 Å². The summed E-state index contributed by atoms with van der Waals surface area (Å²) in [5, 5.41) is 3.03. The fourth-order valence-electron chi connectivity index (χ4n) is 1.59. The number of benzene rings is 1. The second kappa shape index (κ2) is 6.76. The van der Waals surface area contributed by atoms with E-state index in [1.54, 1.807) is 0 Å². The van der Waals surface area contributed by atoms with Crippen molar-refractivity contribution < 1.29 is 4.79 Å². The summed E-state index contributed by atoms with van der Waals surface area (Å²) in [4.78, 5) is 12.0. The average molecular weight is 271 g/mol. The van der Waals surface area contributed by atoms with Gasteiger partial charge in [0.05, 0.1) is 5.54 Å². The van der Waals surface area contributed by atoms with E-state index in [-0.39, 0.29) is 35.8 Å². The molecule has 0 spiro atoms. The third-order valence-corrected chi connectivity index (χ3v) is 3.13. The van der Waals surface area contributed by atoms with Crippen molar-refractivity contribution in [2.45, 2.75) is 39.3 Å². The Kier molecular flexibility index (Phi) is 6.36. The normalized spacial score (nSPS) is 14.3. The van der Waals surface area contributed by atoms with Gasteiger partial charge in [-0.25, -0.2) is 0 Å². The highest BCUT2D eigenvalue weighted by Crippen LogP contribution is 2.20. The van der Waals surface area contributed by atoms with Gasteiger partial charge in [-0.15, -0.1) is 12.4 Å². The first-order valence-electron chi connectivity index (χ1n) is 5.97. The van der Waals surface area contributed by atoms with Crippen LogP contribution in [0.1, 0.15) is 33.3 Å². The smallest absolute Gasteiger partial charge is 0.225 e. The van der Waals surface area contributed by atoms with Gasteiger partial charge < -0.3 is 11.1 Å². The number of nitrogens with one attached hydrogen (secondary N) is 1.